The number of carboxylic acid groups (broad SMARTS) is 1. The van der Waals surface area contributed by atoms with Crippen LogP contribution >= 0.6 is 0 Å². The van der Waals surface area contributed by atoms with Crippen LogP contribution in [0.4, 0.5) is 0 Å². The first kappa shape index (κ1) is 16.2. The van der Waals surface area contributed by atoms with E-state index in [-0.39, 0.29) is 0 Å². The average molecular weight is 241 g/mol. The molecule has 0 aromatic rings. The minimum Gasteiger partial charge on any atom is -0.481 e. The molecular formula is C14H27NO2. The Balaban J connectivity index is 2.94. The third-order valence-electron chi connectivity index (χ3n) is 2.78. The summed E-state index contributed by atoms with van der Waals surface area (Å²) in [6, 6.07) is 0. The van der Waals surface area contributed by atoms with Crippen molar-refractivity contribution in [2.24, 2.45) is 0 Å². The zero-order valence-corrected chi connectivity index (χ0v) is 10.9. The molecule has 0 fully saturated rings. The van der Waals surface area contributed by atoms with Crippen molar-refractivity contribution in [2.75, 3.05) is 13.1 Å². The molecule has 100 valence electrons. The molecule has 0 heterocycles. The summed E-state index contributed by atoms with van der Waals surface area (Å²) < 4.78 is 0. The predicted octanol–water partition coefficient (Wildman–Crippen LogP) is 3.36. The van der Waals surface area contributed by atoms with Crippen molar-refractivity contribution < 1.29 is 9.90 Å². The second kappa shape index (κ2) is 13.2. The zero-order chi connectivity index (χ0) is 12.8. The number of carboxylic acids is 1. The molecule has 2 N–H and O–H groups in total. The van der Waals surface area contributed by atoms with Crippen LogP contribution in [0.15, 0.2) is 12.7 Å². The maximum Gasteiger partial charge on any atom is 0.303 e. The first-order valence-electron chi connectivity index (χ1n) is 6.80. The third-order valence-corrected chi connectivity index (χ3v) is 2.78. The number of rotatable bonds is 13. The summed E-state index contributed by atoms with van der Waals surface area (Å²) in [5.41, 5.74) is 0. The van der Waals surface area contributed by atoms with Crippen LogP contribution in [-0.2, 0) is 4.79 Å². The summed E-state index contributed by atoms with van der Waals surface area (Å²) in [5.74, 6) is -0.669. The lowest BCUT2D eigenvalue weighted by atomic mass is 10.1. The number of carbonyl (C=O) groups is 1. The van der Waals surface area contributed by atoms with E-state index in [2.05, 4.69) is 11.9 Å². The van der Waals surface area contributed by atoms with E-state index in [0.29, 0.717) is 6.42 Å². The van der Waals surface area contributed by atoms with Crippen LogP contribution in [0.3, 0.4) is 0 Å². The molecule has 17 heavy (non-hydrogen) atoms. The molecule has 3 nitrogen and oxygen atoms in total. The summed E-state index contributed by atoms with van der Waals surface area (Å²) in [6.45, 7) is 5.65. The Hall–Kier alpha value is -0.830. The average Bonchev–Trinajstić information content (AvgIpc) is 2.30. The quantitative estimate of drug-likeness (QED) is 0.384. The summed E-state index contributed by atoms with van der Waals surface area (Å²) in [6.07, 6.45) is 11.7. The molecule has 0 saturated heterocycles. The van der Waals surface area contributed by atoms with Gasteiger partial charge in [-0.15, -0.1) is 6.58 Å². The van der Waals surface area contributed by atoms with E-state index in [0.717, 1.165) is 25.9 Å². The molecule has 0 saturated carbocycles. The molecule has 3 heteroatoms. The van der Waals surface area contributed by atoms with E-state index in [1.165, 1.54) is 38.5 Å². The van der Waals surface area contributed by atoms with E-state index >= 15 is 0 Å². The van der Waals surface area contributed by atoms with Crippen LogP contribution in [0.1, 0.15) is 57.8 Å². The topological polar surface area (TPSA) is 49.3 Å². The Bertz CT molecular complexity index is 193. The van der Waals surface area contributed by atoms with Crippen molar-refractivity contribution in [3.8, 4) is 0 Å². The Kier molecular flexibility index (Phi) is 12.6. The third kappa shape index (κ3) is 15.2. The maximum absolute atomic E-state index is 10.3. The number of hydrogen-bond acceptors (Lipinski definition) is 2. The van der Waals surface area contributed by atoms with Crippen molar-refractivity contribution in [1.82, 2.24) is 5.32 Å². The molecule has 0 unspecified atom stereocenters. The highest BCUT2D eigenvalue weighted by atomic mass is 16.4. The number of nitrogens with one attached hydrogen (secondary N) is 1. The van der Waals surface area contributed by atoms with Crippen molar-refractivity contribution in [2.45, 2.75) is 57.8 Å². The molecule has 0 rings (SSSR count). The van der Waals surface area contributed by atoms with Crippen molar-refractivity contribution in [3.05, 3.63) is 12.7 Å². The summed E-state index contributed by atoms with van der Waals surface area (Å²) in [4.78, 5) is 10.3. The fourth-order valence-corrected chi connectivity index (χ4v) is 1.79. The first-order valence-corrected chi connectivity index (χ1v) is 6.80. The molecule has 0 radical (unpaired) electrons. The van der Waals surface area contributed by atoms with Crippen LogP contribution in [0, 0.1) is 0 Å². The van der Waals surface area contributed by atoms with E-state index in [4.69, 9.17) is 5.11 Å². The number of unbranched alkanes of at least 4 members (excludes halogenated alkanes) is 7. The number of hydrogen-bond donors (Lipinski definition) is 2. The van der Waals surface area contributed by atoms with Crippen LogP contribution in [0.25, 0.3) is 0 Å². The van der Waals surface area contributed by atoms with Crippen molar-refractivity contribution >= 4 is 5.97 Å². The van der Waals surface area contributed by atoms with Crippen molar-refractivity contribution in [1.29, 1.82) is 0 Å². The van der Waals surface area contributed by atoms with Gasteiger partial charge in [0.1, 0.15) is 0 Å². The lowest BCUT2D eigenvalue weighted by molar-refractivity contribution is -0.137. The minimum atomic E-state index is -0.669. The first-order chi connectivity index (χ1) is 8.27. The van der Waals surface area contributed by atoms with Crippen LogP contribution in [-0.4, -0.2) is 24.2 Å². The second-order valence-corrected chi connectivity index (χ2v) is 4.46. The standard InChI is InChI=1S/C14H27NO2/c1-2-12-15-13-10-8-6-4-3-5-7-9-11-14(16)17/h2,15H,1,3-13H2,(H,16,17). The van der Waals surface area contributed by atoms with Gasteiger partial charge in [0.15, 0.2) is 0 Å². The van der Waals surface area contributed by atoms with Gasteiger partial charge >= 0.3 is 5.97 Å². The zero-order valence-electron chi connectivity index (χ0n) is 10.9. The molecule has 0 aromatic carbocycles. The molecule has 0 aliphatic heterocycles. The summed E-state index contributed by atoms with van der Waals surface area (Å²) >= 11 is 0. The van der Waals surface area contributed by atoms with Gasteiger partial charge in [0.2, 0.25) is 0 Å². The summed E-state index contributed by atoms with van der Waals surface area (Å²) in [5, 5.41) is 11.8. The minimum absolute atomic E-state index is 0.328. The van der Waals surface area contributed by atoms with Gasteiger partial charge in [-0.25, -0.2) is 0 Å². The van der Waals surface area contributed by atoms with Crippen LogP contribution in [0.5, 0.6) is 0 Å². The van der Waals surface area contributed by atoms with Gasteiger partial charge in [-0.3, -0.25) is 4.79 Å². The Morgan fingerprint density at radius 2 is 1.53 bits per heavy atom. The van der Waals surface area contributed by atoms with Gasteiger partial charge < -0.3 is 10.4 Å². The van der Waals surface area contributed by atoms with E-state index < -0.39 is 5.97 Å². The van der Waals surface area contributed by atoms with E-state index in [1.54, 1.807) is 0 Å². The molecule has 0 amide bonds. The van der Waals surface area contributed by atoms with E-state index in [9.17, 15) is 4.79 Å². The van der Waals surface area contributed by atoms with Gasteiger partial charge in [0.25, 0.3) is 0 Å². The largest absolute Gasteiger partial charge is 0.481 e. The highest BCUT2D eigenvalue weighted by Crippen LogP contribution is 2.09. The molecule has 0 bridgehead atoms. The molecule has 0 aromatic heterocycles. The molecule has 0 spiro atoms. The van der Waals surface area contributed by atoms with Crippen molar-refractivity contribution in [3.63, 3.8) is 0 Å². The lowest BCUT2D eigenvalue weighted by Gasteiger charge is -2.02. The Morgan fingerprint density at radius 1 is 1.00 bits per heavy atom. The van der Waals surface area contributed by atoms with E-state index in [1.807, 2.05) is 6.08 Å². The number of aliphatic carboxylic acids is 1. The molecular weight excluding hydrogens is 214 g/mol. The van der Waals surface area contributed by atoms with Gasteiger partial charge in [-0.1, -0.05) is 44.6 Å². The smallest absolute Gasteiger partial charge is 0.303 e. The fourth-order valence-electron chi connectivity index (χ4n) is 1.79. The van der Waals surface area contributed by atoms with Crippen LogP contribution < -0.4 is 5.32 Å². The normalized spacial score (nSPS) is 10.4. The lowest BCUT2D eigenvalue weighted by Crippen LogP contribution is -2.14. The Labute approximate surface area is 105 Å². The highest BCUT2D eigenvalue weighted by Gasteiger charge is 1.96. The van der Waals surface area contributed by atoms with Gasteiger partial charge in [-0.2, -0.15) is 0 Å². The fraction of sp³-hybridized carbons (Fsp3) is 0.786. The highest BCUT2D eigenvalue weighted by molar-refractivity contribution is 5.66. The van der Waals surface area contributed by atoms with Gasteiger partial charge in [-0.05, 0) is 19.4 Å². The van der Waals surface area contributed by atoms with Gasteiger partial charge in [0, 0.05) is 13.0 Å². The van der Waals surface area contributed by atoms with Crippen LogP contribution in [0.2, 0.25) is 0 Å². The molecule has 0 aliphatic carbocycles. The monoisotopic (exact) mass is 241 g/mol. The SMILES string of the molecule is C=CCNCCCCCCCCCCC(=O)O. The second-order valence-electron chi connectivity index (χ2n) is 4.46. The predicted molar refractivity (Wildman–Crippen MR) is 72.3 cm³/mol. The summed E-state index contributed by atoms with van der Waals surface area (Å²) in [7, 11) is 0. The molecule has 0 atom stereocenters. The Morgan fingerprint density at radius 3 is 2.06 bits per heavy atom. The van der Waals surface area contributed by atoms with Gasteiger partial charge in [0.05, 0.1) is 0 Å². The molecule has 0 aliphatic rings. The maximum atomic E-state index is 10.3.